The first-order chi connectivity index (χ1) is 8.19. The molecule has 0 amide bonds. The van der Waals surface area contributed by atoms with E-state index < -0.39 is 11.8 Å². The van der Waals surface area contributed by atoms with Crippen molar-refractivity contribution < 1.29 is 14.7 Å². The zero-order valence-corrected chi connectivity index (χ0v) is 9.37. The Morgan fingerprint density at radius 3 is 1.71 bits per heavy atom. The van der Waals surface area contributed by atoms with Crippen LogP contribution in [0, 0.1) is 0 Å². The number of carbonyl (C=O) groups excluding carboxylic acids is 2. The van der Waals surface area contributed by atoms with Crippen LogP contribution in [0.3, 0.4) is 0 Å². The summed E-state index contributed by atoms with van der Waals surface area (Å²) in [4.78, 5) is 21.7. The molecule has 0 fully saturated rings. The molecule has 17 heavy (non-hydrogen) atoms. The molecule has 0 radical (unpaired) electrons. The van der Waals surface area contributed by atoms with Gasteiger partial charge in [0.1, 0.15) is 18.3 Å². The Hall–Kier alpha value is -2.16. The van der Waals surface area contributed by atoms with E-state index >= 15 is 0 Å². The SMILES string of the molecule is C=CC(C=O)c1cccc(C(C=C)C=O)c1O. The predicted molar refractivity (Wildman–Crippen MR) is 66.1 cm³/mol. The van der Waals surface area contributed by atoms with Crippen molar-refractivity contribution >= 4 is 12.6 Å². The second-order valence-corrected chi connectivity index (χ2v) is 3.58. The summed E-state index contributed by atoms with van der Waals surface area (Å²) in [6.07, 6.45) is 4.26. The Bertz CT molecular complexity index is 395. The molecule has 1 N–H and O–H groups in total. The van der Waals surface area contributed by atoms with Crippen LogP contribution in [0.4, 0.5) is 0 Å². The van der Waals surface area contributed by atoms with Gasteiger partial charge < -0.3 is 14.7 Å². The van der Waals surface area contributed by atoms with Gasteiger partial charge in [-0.3, -0.25) is 0 Å². The topological polar surface area (TPSA) is 54.4 Å². The third kappa shape index (κ3) is 2.50. The van der Waals surface area contributed by atoms with Gasteiger partial charge in [0.25, 0.3) is 0 Å². The van der Waals surface area contributed by atoms with Crippen LogP contribution in [0.5, 0.6) is 5.75 Å². The summed E-state index contributed by atoms with van der Waals surface area (Å²) in [6.45, 7) is 7.06. The van der Waals surface area contributed by atoms with Crippen molar-refractivity contribution in [2.45, 2.75) is 11.8 Å². The van der Waals surface area contributed by atoms with E-state index in [1.54, 1.807) is 18.2 Å². The van der Waals surface area contributed by atoms with Crippen LogP contribution in [0.2, 0.25) is 0 Å². The Balaban J connectivity index is 3.32. The number of benzene rings is 1. The maximum absolute atomic E-state index is 10.8. The van der Waals surface area contributed by atoms with Gasteiger partial charge in [0.15, 0.2) is 0 Å². The molecular formula is C14H14O3. The van der Waals surface area contributed by atoms with Crippen LogP contribution in [-0.4, -0.2) is 17.7 Å². The number of aromatic hydroxyl groups is 1. The van der Waals surface area contributed by atoms with Crippen molar-refractivity contribution in [1.29, 1.82) is 0 Å². The van der Waals surface area contributed by atoms with Gasteiger partial charge in [-0.25, -0.2) is 0 Å². The van der Waals surface area contributed by atoms with Crippen LogP contribution in [0.1, 0.15) is 23.0 Å². The molecule has 0 saturated carbocycles. The van der Waals surface area contributed by atoms with E-state index in [1.165, 1.54) is 12.2 Å². The zero-order valence-electron chi connectivity index (χ0n) is 9.37. The van der Waals surface area contributed by atoms with Crippen LogP contribution in [0.25, 0.3) is 0 Å². The average molecular weight is 230 g/mol. The van der Waals surface area contributed by atoms with E-state index in [4.69, 9.17) is 0 Å². The molecule has 2 unspecified atom stereocenters. The second-order valence-electron chi connectivity index (χ2n) is 3.58. The van der Waals surface area contributed by atoms with Crippen LogP contribution < -0.4 is 0 Å². The summed E-state index contributed by atoms with van der Waals surface area (Å²) in [5.41, 5.74) is 0.891. The van der Waals surface area contributed by atoms with Gasteiger partial charge in [-0.2, -0.15) is 0 Å². The van der Waals surface area contributed by atoms with E-state index in [-0.39, 0.29) is 5.75 Å². The Morgan fingerprint density at radius 1 is 1.00 bits per heavy atom. The third-order valence-electron chi connectivity index (χ3n) is 2.62. The monoisotopic (exact) mass is 230 g/mol. The van der Waals surface area contributed by atoms with Gasteiger partial charge in [-0.05, 0) is 0 Å². The third-order valence-corrected chi connectivity index (χ3v) is 2.62. The normalized spacial score (nSPS) is 13.4. The predicted octanol–water partition coefficient (Wildman–Crippen LogP) is 2.33. The first kappa shape index (κ1) is 12.9. The summed E-state index contributed by atoms with van der Waals surface area (Å²) in [7, 11) is 0. The maximum Gasteiger partial charge on any atom is 0.131 e. The van der Waals surface area contributed by atoms with Crippen molar-refractivity contribution in [2.75, 3.05) is 0 Å². The van der Waals surface area contributed by atoms with Crippen molar-refractivity contribution in [3.8, 4) is 5.75 Å². The molecule has 88 valence electrons. The quantitative estimate of drug-likeness (QED) is 0.602. The van der Waals surface area contributed by atoms with Crippen LogP contribution >= 0.6 is 0 Å². The van der Waals surface area contributed by atoms with Gasteiger partial charge in [0.2, 0.25) is 0 Å². The van der Waals surface area contributed by atoms with E-state index in [9.17, 15) is 14.7 Å². The number of phenolic OH excluding ortho intramolecular Hbond substituents is 1. The lowest BCUT2D eigenvalue weighted by Crippen LogP contribution is -2.02. The van der Waals surface area contributed by atoms with Crippen molar-refractivity contribution in [3.63, 3.8) is 0 Å². The van der Waals surface area contributed by atoms with E-state index in [0.717, 1.165) is 0 Å². The Morgan fingerprint density at radius 2 is 1.41 bits per heavy atom. The van der Waals surface area contributed by atoms with Crippen LogP contribution in [-0.2, 0) is 9.59 Å². The molecule has 0 saturated heterocycles. The fourth-order valence-corrected chi connectivity index (χ4v) is 1.63. The van der Waals surface area contributed by atoms with Gasteiger partial charge in [0.05, 0.1) is 11.8 Å². The number of allylic oxidation sites excluding steroid dienone is 2. The molecule has 0 spiro atoms. The van der Waals surface area contributed by atoms with Crippen molar-refractivity contribution in [1.82, 2.24) is 0 Å². The molecule has 1 rings (SSSR count). The average Bonchev–Trinajstić information content (AvgIpc) is 2.36. The van der Waals surface area contributed by atoms with Crippen LogP contribution in [0.15, 0.2) is 43.5 Å². The first-order valence-corrected chi connectivity index (χ1v) is 5.17. The fourth-order valence-electron chi connectivity index (χ4n) is 1.63. The molecular weight excluding hydrogens is 216 g/mol. The number of hydrogen-bond acceptors (Lipinski definition) is 3. The van der Waals surface area contributed by atoms with E-state index in [2.05, 4.69) is 13.2 Å². The molecule has 3 heteroatoms. The number of para-hydroxylation sites is 1. The standard InChI is InChI=1S/C14H14O3/c1-3-10(8-15)12-6-5-7-13(14(12)17)11(4-2)9-16/h3-11,17H,1-2H2. The Labute approximate surface area is 100 Å². The number of carbonyl (C=O) groups is 2. The molecule has 3 nitrogen and oxygen atoms in total. The molecule has 0 aliphatic heterocycles. The summed E-state index contributed by atoms with van der Waals surface area (Å²) >= 11 is 0. The molecule has 0 aromatic heterocycles. The zero-order chi connectivity index (χ0) is 12.8. The summed E-state index contributed by atoms with van der Waals surface area (Å²) in [5.74, 6) is -1.21. The lowest BCUT2D eigenvalue weighted by Gasteiger charge is -2.14. The molecule has 0 aliphatic carbocycles. The minimum atomic E-state index is -0.577. The highest BCUT2D eigenvalue weighted by Gasteiger charge is 2.17. The molecule has 0 heterocycles. The Kier molecular flexibility index (Phi) is 4.40. The summed E-state index contributed by atoms with van der Waals surface area (Å²) in [6, 6.07) is 4.94. The molecule has 1 aromatic carbocycles. The highest BCUT2D eigenvalue weighted by atomic mass is 16.3. The van der Waals surface area contributed by atoms with Crippen molar-refractivity contribution in [2.24, 2.45) is 0 Å². The summed E-state index contributed by atoms with van der Waals surface area (Å²) < 4.78 is 0. The van der Waals surface area contributed by atoms with E-state index in [1.807, 2.05) is 0 Å². The highest BCUT2D eigenvalue weighted by Crippen LogP contribution is 2.33. The van der Waals surface area contributed by atoms with Gasteiger partial charge in [-0.1, -0.05) is 30.4 Å². The lowest BCUT2D eigenvalue weighted by molar-refractivity contribution is -0.108. The minimum Gasteiger partial charge on any atom is -0.507 e. The second kappa shape index (κ2) is 5.80. The molecule has 2 atom stereocenters. The maximum atomic E-state index is 10.8. The molecule has 0 bridgehead atoms. The largest absolute Gasteiger partial charge is 0.507 e. The molecule has 1 aromatic rings. The number of hydrogen-bond donors (Lipinski definition) is 1. The fraction of sp³-hybridized carbons (Fsp3) is 0.143. The number of rotatable bonds is 6. The highest BCUT2D eigenvalue weighted by molar-refractivity contribution is 5.72. The molecule has 0 aliphatic rings. The summed E-state index contributed by atoms with van der Waals surface area (Å²) in [5, 5.41) is 10.0. The van der Waals surface area contributed by atoms with Gasteiger partial charge in [0, 0.05) is 11.1 Å². The van der Waals surface area contributed by atoms with E-state index in [0.29, 0.717) is 23.7 Å². The first-order valence-electron chi connectivity index (χ1n) is 5.17. The van der Waals surface area contributed by atoms with Gasteiger partial charge >= 0.3 is 0 Å². The van der Waals surface area contributed by atoms with Gasteiger partial charge in [-0.15, -0.1) is 13.2 Å². The van der Waals surface area contributed by atoms with Crippen molar-refractivity contribution in [3.05, 3.63) is 54.6 Å². The number of phenols is 1. The smallest absolute Gasteiger partial charge is 0.131 e. The lowest BCUT2D eigenvalue weighted by atomic mass is 9.92. The minimum absolute atomic E-state index is 0.0542. The number of aldehydes is 2.